The second kappa shape index (κ2) is 6.14. The minimum absolute atomic E-state index is 0.191. The Labute approximate surface area is 158 Å². The van der Waals surface area contributed by atoms with E-state index in [0.29, 0.717) is 30.9 Å². The van der Waals surface area contributed by atoms with Crippen LogP contribution in [0.2, 0.25) is 5.15 Å². The first-order valence-electron chi connectivity index (χ1n) is 9.45. The average Bonchev–Trinajstić information content (AvgIpc) is 3.18. The maximum atomic E-state index is 11.4. The number of rotatable bonds is 3. The van der Waals surface area contributed by atoms with E-state index in [1.54, 1.807) is 6.08 Å². The molecule has 1 aliphatic heterocycles. The van der Waals surface area contributed by atoms with Crippen LogP contribution in [0.5, 0.6) is 0 Å². The molecule has 2 heterocycles. The van der Waals surface area contributed by atoms with Crippen LogP contribution in [-0.2, 0) is 16.0 Å². The number of piperidine rings is 1. The highest BCUT2D eigenvalue weighted by molar-refractivity contribution is 6.32. The molecule has 1 fully saturated rings. The molecule has 1 aromatic carbocycles. The predicted molar refractivity (Wildman–Crippen MR) is 103 cm³/mol. The zero-order chi connectivity index (χ0) is 17.8. The van der Waals surface area contributed by atoms with E-state index in [4.69, 9.17) is 16.3 Å². The van der Waals surface area contributed by atoms with Crippen LogP contribution in [0, 0.1) is 5.92 Å². The molecule has 1 aromatic heterocycles. The van der Waals surface area contributed by atoms with Gasteiger partial charge in [-0.25, -0.2) is 0 Å². The molecule has 3 aliphatic rings. The SMILES string of the molecule is CN1CC(COC2=CC(=O)CC2)CC2c3cccc4[nH]c(Cl)c(c34)C[C@H]21. The number of allylic oxidation sites excluding steroid dienone is 2. The van der Waals surface area contributed by atoms with E-state index in [2.05, 4.69) is 35.1 Å². The van der Waals surface area contributed by atoms with Crippen molar-refractivity contribution < 1.29 is 9.53 Å². The summed E-state index contributed by atoms with van der Waals surface area (Å²) in [7, 11) is 2.22. The molecule has 0 radical (unpaired) electrons. The van der Waals surface area contributed by atoms with Gasteiger partial charge in [0.2, 0.25) is 0 Å². The van der Waals surface area contributed by atoms with Crippen LogP contribution in [0.4, 0.5) is 0 Å². The number of carbonyl (C=O) groups excluding carboxylic acids is 1. The molecule has 1 N–H and O–H groups in total. The number of H-pyrrole nitrogens is 1. The summed E-state index contributed by atoms with van der Waals surface area (Å²) in [5.74, 6) is 2.04. The summed E-state index contributed by atoms with van der Waals surface area (Å²) in [6.45, 7) is 1.72. The summed E-state index contributed by atoms with van der Waals surface area (Å²) in [4.78, 5) is 17.2. The van der Waals surface area contributed by atoms with Crippen LogP contribution in [0.1, 0.15) is 36.3 Å². The lowest BCUT2D eigenvalue weighted by Gasteiger charge is -2.45. The summed E-state index contributed by atoms with van der Waals surface area (Å²) in [5.41, 5.74) is 3.84. The van der Waals surface area contributed by atoms with Gasteiger partial charge in [-0.1, -0.05) is 23.7 Å². The van der Waals surface area contributed by atoms with Crippen LogP contribution in [-0.4, -0.2) is 41.9 Å². The van der Waals surface area contributed by atoms with Gasteiger partial charge in [0, 0.05) is 54.2 Å². The maximum absolute atomic E-state index is 11.4. The molecule has 2 aromatic rings. The number of likely N-dealkylation sites (tertiary alicyclic amines) is 1. The number of benzene rings is 1. The monoisotopic (exact) mass is 370 g/mol. The Morgan fingerprint density at radius 1 is 1.35 bits per heavy atom. The molecule has 1 saturated heterocycles. The lowest BCUT2D eigenvalue weighted by atomic mass is 9.72. The topological polar surface area (TPSA) is 45.3 Å². The van der Waals surface area contributed by atoms with Crippen LogP contribution < -0.4 is 0 Å². The molecule has 0 bridgehead atoms. The number of ketones is 1. The van der Waals surface area contributed by atoms with E-state index < -0.39 is 0 Å². The van der Waals surface area contributed by atoms with Crippen molar-refractivity contribution in [3.05, 3.63) is 46.3 Å². The highest BCUT2D eigenvalue weighted by Crippen LogP contribution is 2.46. The predicted octanol–water partition coefficient (Wildman–Crippen LogP) is 4.04. The molecule has 2 unspecified atom stereocenters. The van der Waals surface area contributed by atoms with Crippen molar-refractivity contribution >= 4 is 28.3 Å². The summed E-state index contributed by atoms with van der Waals surface area (Å²) >= 11 is 6.49. The number of fused-ring (bicyclic) bond motifs is 2. The Morgan fingerprint density at radius 3 is 3.04 bits per heavy atom. The number of halogens is 1. The van der Waals surface area contributed by atoms with Crippen LogP contribution in [0.3, 0.4) is 0 Å². The maximum Gasteiger partial charge on any atom is 0.159 e. The van der Waals surface area contributed by atoms with Crippen molar-refractivity contribution in [1.29, 1.82) is 0 Å². The normalized spacial score (nSPS) is 28.3. The summed E-state index contributed by atoms with van der Waals surface area (Å²) in [5, 5.41) is 2.13. The van der Waals surface area contributed by atoms with Crippen LogP contribution in [0.25, 0.3) is 10.9 Å². The Kier molecular flexibility index (Phi) is 3.87. The fourth-order valence-electron chi connectivity index (χ4n) is 5.13. The number of ether oxygens (including phenoxy) is 1. The molecule has 3 atom stereocenters. The van der Waals surface area contributed by atoms with E-state index in [0.717, 1.165) is 42.2 Å². The van der Waals surface area contributed by atoms with Gasteiger partial charge in [-0.15, -0.1) is 0 Å². The Morgan fingerprint density at radius 2 is 2.23 bits per heavy atom. The molecule has 136 valence electrons. The first-order chi connectivity index (χ1) is 12.6. The second-order valence-corrected chi connectivity index (χ2v) is 8.37. The highest BCUT2D eigenvalue weighted by Gasteiger charge is 2.40. The van der Waals surface area contributed by atoms with E-state index in [1.165, 1.54) is 16.5 Å². The van der Waals surface area contributed by atoms with E-state index in [1.807, 2.05) is 0 Å². The molecular formula is C21H23ClN2O2. The molecular weight excluding hydrogens is 348 g/mol. The summed E-state index contributed by atoms with van der Waals surface area (Å²) in [6.07, 6.45) is 5.16. The second-order valence-electron chi connectivity index (χ2n) is 7.99. The van der Waals surface area contributed by atoms with Crippen molar-refractivity contribution in [3.63, 3.8) is 0 Å². The summed E-state index contributed by atoms with van der Waals surface area (Å²) < 4.78 is 5.97. The standard InChI is InChI=1S/C21H23ClN2O2/c1-24-10-12(11-26-14-6-5-13(25)8-14)7-16-15-3-2-4-18-20(15)17(9-19(16)24)21(22)23-18/h2-4,8,12,16,19,23H,5-7,9-11H2,1H3/t12?,16?,19-/m1/s1. The fraction of sp³-hybridized carbons (Fsp3) is 0.476. The number of aromatic amines is 1. The van der Waals surface area contributed by atoms with Crippen molar-refractivity contribution in [2.45, 2.75) is 37.6 Å². The van der Waals surface area contributed by atoms with Gasteiger partial charge in [-0.05, 0) is 37.1 Å². The van der Waals surface area contributed by atoms with Crippen LogP contribution >= 0.6 is 11.6 Å². The van der Waals surface area contributed by atoms with Crippen LogP contribution in [0.15, 0.2) is 30.0 Å². The number of nitrogens with zero attached hydrogens (tertiary/aromatic N) is 1. The number of nitrogens with one attached hydrogen (secondary N) is 1. The van der Waals surface area contributed by atoms with E-state index in [9.17, 15) is 4.79 Å². The molecule has 0 saturated carbocycles. The minimum atomic E-state index is 0.191. The number of aromatic nitrogens is 1. The zero-order valence-electron chi connectivity index (χ0n) is 14.9. The lowest BCUT2D eigenvalue weighted by Crippen LogP contribution is -2.48. The smallest absolute Gasteiger partial charge is 0.159 e. The molecule has 26 heavy (non-hydrogen) atoms. The molecule has 0 amide bonds. The Hall–Kier alpha value is -1.78. The molecule has 0 spiro atoms. The van der Waals surface area contributed by atoms with Gasteiger partial charge in [0.1, 0.15) is 5.15 Å². The Bertz CT molecular complexity index is 916. The average molecular weight is 371 g/mol. The molecule has 2 aliphatic carbocycles. The highest BCUT2D eigenvalue weighted by atomic mass is 35.5. The number of likely N-dealkylation sites (N-methyl/N-ethyl adjacent to an activating group) is 1. The third-order valence-electron chi connectivity index (χ3n) is 6.33. The van der Waals surface area contributed by atoms with Gasteiger partial charge in [0.25, 0.3) is 0 Å². The third-order valence-corrected chi connectivity index (χ3v) is 6.65. The van der Waals surface area contributed by atoms with Crippen molar-refractivity contribution in [2.75, 3.05) is 20.2 Å². The quantitative estimate of drug-likeness (QED) is 0.886. The first-order valence-corrected chi connectivity index (χ1v) is 9.83. The molecule has 4 nitrogen and oxygen atoms in total. The lowest BCUT2D eigenvalue weighted by molar-refractivity contribution is -0.114. The summed E-state index contributed by atoms with van der Waals surface area (Å²) in [6, 6.07) is 7.00. The van der Waals surface area contributed by atoms with Gasteiger partial charge in [-0.2, -0.15) is 0 Å². The van der Waals surface area contributed by atoms with Gasteiger partial charge < -0.3 is 14.6 Å². The third kappa shape index (κ3) is 2.58. The number of carbonyl (C=O) groups is 1. The van der Waals surface area contributed by atoms with E-state index >= 15 is 0 Å². The molecule has 5 heteroatoms. The van der Waals surface area contributed by atoms with Crippen molar-refractivity contribution in [3.8, 4) is 0 Å². The van der Waals surface area contributed by atoms with Gasteiger partial charge >= 0.3 is 0 Å². The first kappa shape index (κ1) is 16.4. The van der Waals surface area contributed by atoms with E-state index in [-0.39, 0.29) is 5.78 Å². The minimum Gasteiger partial charge on any atom is -0.497 e. The fourth-order valence-corrected chi connectivity index (χ4v) is 5.40. The number of hydrogen-bond donors (Lipinski definition) is 1. The molecule has 5 rings (SSSR count). The van der Waals surface area contributed by atoms with Gasteiger partial charge in [0.05, 0.1) is 12.4 Å². The van der Waals surface area contributed by atoms with Crippen molar-refractivity contribution in [2.24, 2.45) is 5.92 Å². The largest absolute Gasteiger partial charge is 0.497 e. The van der Waals surface area contributed by atoms with Crippen molar-refractivity contribution in [1.82, 2.24) is 9.88 Å². The van der Waals surface area contributed by atoms with Gasteiger partial charge in [0.15, 0.2) is 5.78 Å². The Balaban J connectivity index is 1.41. The zero-order valence-corrected chi connectivity index (χ0v) is 15.7. The van der Waals surface area contributed by atoms with Gasteiger partial charge in [-0.3, -0.25) is 4.79 Å². The number of hydrogen-bond acceptors (Lipinski definition) is 3.